The second-order valence-corrected chi connectivity index (χ2v) is 10.0. The van der Waals surface area contributed by atoms with Crippen molar-refractivity contribution in [3.63, 3.8) is 0 Å². The number of hydrogen-bond donors (Lipinski definition) is 2. The van der Waals surface area contributed by atoms with Crippen LogP contribution in [0.1, 0.15) is 76.3 Å². The molecular formula is C30H48N2O3S. The largest absolute Gasteiger partial charge is 0.393 e. The number of thiophene rings is 1. The highest BCUT2D eigenvalue weighted by molar-refractivity contribution is 7.19. The van der Waals surface area contributed by atoms with Crippen LogP contribution >= 0.6 is 11.3 Å². The van der Waals surface area contributed by atoms with Gasteiger partial charge in [0.15, 0.2) is 0 Å². The van der Waals surface area contributed by atoms with Gasteiger partial charge in [0.2, 0.25) is 0 Å². The highest BCUT2D eigenvalue weighted by Gasteiger charge is 2.15. The lowest BCUT2D eigenvalue weighted by Gasteiger charge is -2.12. The Labute approximate surface area is 222 Å². The molecule has 2 aromatic heterocycles. The number of hydrogen-bond acceptors (Lipinski definition) is 5. The van der Waals surface area contributed by atoms with Crippen molar-refractivity contribution >= 4 is 28.2 Å². The number of fused-ring (bicyclic) bond motifs is 1. The fourth-order valence-corrected chi connectivity index (χ4v) is 4.60. The zero-order chi connectivity index (χ0) is 27.7. The standard InChI is InChI=1S/C18H19NOS.C7H17N.C4H10O.CH2O/c1-5-13-9-14-17(21-13)15(10-19(4)18(14)20)16-11(2)7-6-8-12(16)3;1-3-5-7-8-6-4-2;1-3-4(2)5;1-2/h6-10H,5H2,1-4H3;8H,3-7H2,1-2H3;4-5H,3H2,1-2H3;1H2. The molecule has 2 N–H and O–H groups in total. The van der Waals surface area contributed by atoms with E-state index in [1.54, 1.807) is 22.8 Å². The number of nitrogens with zero attached hydrogens (tertiary/aromatic N) is 1. The summed E-state index contributed by atoms with van der Waals surface area (Å²) in [6, 6.07) is 8.40. The first-order valence-corrected chi connectivity index (χ1v) is 13.9. The van der Waals surface area contributed by atoms with Gasteiger partial charge < -0.3 is 19.8 Å². The number of nitrogens with one attached hydrogen (secondary N) is 1. The smallest absolute Gasteiger partial charge is 0.259 e. The Hall–Kier alpha value is -2.28. The molecule has 0 bridgehead atoms. The van der Waals surface area contributed by atoms with E-state index < -0.39 is 0 Å². The van der Waals surface area contributed by atoms with Gasteiger partial charge in [-0.05, 0) is 82.3 Å². The monoisotopic (exact) mass is 516 g/mol. The maximum Gasteiger partial charge on any atom is 0.259 e. The highest BCUT2D eigenvalue weighted by atomic mass is 32.1. The van der Waals surface area contributed by atoms with E-state index in [1.807, 2.05) is 27.0 Å². The predicted octanol–water partition coefficient (Wildman–Crippen LogP) is 6.82. The normalized spacial score (nSPS) is 10.9. The van der Waals surface area contributed by atoms with Crippen LogP contribution in [0, 0.1) is 13.8 Å². The Morgan fingerprint density at radius 2 is 1.64 bits per heavy atom. The maximum atomic E-state index is 12.4. The number of unbranched alkanes of at least 4 members (excludes halogenated alkanes) is 1. The molecule has 0 spiro atoms. The van der Waals surface area contributed by atoms with Crippen molar-refractivity contribution in [3.8, 4) is 11.1 Å². The first-order chi connectivity index (χ1) is 17.2. The molecule has 0 aliphatic carbocycles. The number of aryl methyl sites for hydroxylation is 4. The van der Waals surface area contributed by atoms with Crippen molar-refractivity contribution in [1.82, 2.24) is 9.88 Å². The van der Waals surface area contributed by atoms with Crippen LogP contribution in [-0.2, 0) is 18.3 Å². The molecule has 1 aromatic carbocycles. The minimum Gasteiger partial charge on any atom is -0.393 e. The molecule has 202 valence electrons. The van der Waals surface area contributed by atoms with Gasteiger partial charge in [-0.25, -0.2) is 0 Å². The number of benzene rings is 1. The molecule has 0 saturated heterocycles. The van der Waals surface area contributed by atoms with Gasteiger partial charge in [0, 0.05) is 28.4 Å². The van der Waals surface area contributed by atoms with Gasteiger partial charge >= 0.3 is 0 Å². The second-order valence-electron chi connectivity index (χ2n) is 8.90. The van der Waals surface area contributed by atoms with E-state index in [0.717, 1.165) is 22.9 Å². The van der Waals surface area contributed by atoms with E-state index in [4.69, 9.17) is 9.90 Å². The first-order valence-electron chi connectivity index (χ1n) is 13.1. The predicted molar refractivity (Wildman–Crippen MR) is 159 cm³/mol. The summed E-state index contributed by atoms with van der Waals surface area (Å²) in [5, 5.41) is 12.5. The van der Waals surface area contributed by atoms with E-state index in [0.29, 0.717) is 0 Å². The summed E-state index contributed by atoms with van der Waals surface area (Å²) in [5.74, 6) is 0. The molecule has 0 radical (unpaired) electrons. The van der Waals surface area contributed by atoms with Crippen LogP contribution in [0.2, 0.25) is 0 Å². The fourth-order valence-electron chi connectivity index (χ4n) is 3.50. The van der Waals surface area contributed by atoms with Gasteiger partial charge in [-0.3, -0.25) is 4.79 Å². The molecule has 0 aliphatic rings. The third-order valence-corrected chi connectivity index (χ3v) is 7.04. The minimum absolute atomic E-state index is 0.0935. The molecule has 3 aromatic rings. The van der Waals surface area contributed by atoms with Gasteiger partial charge in [-0.2, -0.15) is 0 Å². The topological polar surface area (TPSA) is 71.3 Å². The molecule has 0 saturated carbocycles. The van der Waals surface area contributed by atoms with Crippen LogP contribution in [0.25, 0.3) is 21.2 Å². The van der Waals surface area contributed by atoms with Crippen molar-refractivity contribution in [1.29, 1.82) is 0 Å². The van der Waals surface area contributed by atoms with Crippen molar-refractivity contribution in [2.45, 2.75) is 86.7 Å². The second kappa shape index (κ2) is 18.9. The van der Waals surface area contributed by atoms with Gasteiger partial charge in [-0.15, -0.1) is 11.3 Å². The van der Waals surface area contributed by atoms with E-state index in [1.165, 1.54) is 59.5 Å². The van der Waals surface area contributed by atoms with Gasteiger partial charge in [-0.1, -0.05) is 52.3 Å². The van der Waals surface area contributed by atoms with Crippen molar-refractivity contribution in [2.75, 3.05) is 13.1 Å². The number of aliphatic hydroxyl groups is 1. The molecule has 3 rings (SSSR count). The SMILES string of the molecule is C=O.CCC(C)O.CCCCNCCC.CCc1cc2c(=O)n(C)cc(-c3c(C)cccc3C)c2s1. The highest BCUT2D eigenvalue weighted by Crippen LogP contribution is 2.36. The van der Waals surface area contributed by atoms with E-state index in [2.05, 4.69) is 64.2 Å². The molecule has 6 heteroatoms. The van der Waals surface area contributed by atoms with Crippen LogP contribution in [0.15, 0.2) is 35.3 Å². The molecular weight excluding hydrogens is 468 g/mol. The lowest BCUT2D eigenvalue weighted by atomic mass is 9.96. The molecule has 2 heterocycles. The molecule has 0 fully saturated rings. The summed E-state index contributed by atoms with van der Waals surface area (Å²) >= 11 is 1.75. The first kappa shape index (κ1) is 33.7. The van der Waals surface area contributed by atoms with Crippen molar-refractivity contribution in [2.24, 2.45) is 7.05 Å². The number of rotatable bonds is 8. The van der Waals surface area contributed by atoms with Crippen molar-refractivity contribution < 1.29 is 9.90 Å². The zero-order valence-electron chi connectivity index (χ0n) is 23.7. The Balaban J connectivity index is 0.000000680. The van der Waals surface area contributed by atoms with E-state index in [9.17, 15) is 4.79 Å². The summed E-state index contributed by atoms with van der Waals surface area (Å²) in [5.41, 5.74) is 5.02. The number of pyridine rings is 1. The lowest BCUT2D eigenvalue weighted by Crippen LogP contribution is -2.15. The fraction of sp³-hybridized carbons (Fsp3) is 0.533. The van der Waals surface area contributed by atoms with Crippen LogP contribution < -0.4 is 10.9 Å². The van der Waals surface area contributed by atoms with Crippen LogP contribution in [0.4, 0.5) is 0 Å². The van der Waals surface area contributed by atoms with Crippen LogP contribution in [0.3, 0.4) is 0 Å². The maximum absolute atomic E-state index is 12.4. The lowest BCUT2D eigenvalue weighted by molar-refractivity contribution is -0.0980. The van der Waals surface area contributed by atoms with Gasteiger partial charge in [0.05, 0.1) is 11.5 Å². The Morgan fingerprint density at radius 1 is 1.06 bits per heavy atom. The number of carbonyl (C=O) groups excluding carboxylic acids is 1. The molecule has 36 heavy (non-hydrogen) atoms. The Morgan fingerprint density at radius 3 is 2.11 bits per heavy atom. The summed E-state index contributed by atoms with van der Waals surface area (Å²) in [7, 11) is 1.84. The molecule has 0 aliphatic heterocycles. The van der Waals surface area contributed by atoms with Gasteiger partial charge in [0.1, 0.15) is 6.79 Å². The summed E-state index contributed by atoms with van der Waals surface area (Å²) < 4.78 is 2.82. The molecule has 1 unspecified atom stereocenters. The Bertz CT molecular complexity index is 1040. The summed E-state index contributed by atoms with van der Waals surface area (Å²) in [6.07, 6.45) is 7.57. The summed E-state index contributed by atoms with van der Waals surface area (Å²) in [6.45, 7) is 18.9. The van der Waals surface area contributed by atoms with Crippen LogP contribution in [0.5, 0.6) is 0 Å². The number of aliphatic hydroxyl groups excluding tert-OH is 1. The van der Waals surface area contributed by atoms with E-state index >= 15 is 0 Å². The molecule has 5 nitrogen and oxygen atoms in total. The molecule has 1 atom stereocenters. The third-order valence-electron chi connectivity index (χ3n) is 5.72. The van der Waals surface area contributed by atoms with E-state index in [-0.39, 0.29) is 11.7 Å². The minimum atomic E-state index is -0.116. The number of aromatic nitrogens is 1. The average Bonchev–Trinajstić information content (AvgIpc) is 3.32. The third kappa shape index (κ3) is 10.8. The average molecular weight is 517 g/mol. The van der Waals surface area contributed by atoms with Crippen LogP contribution in [-0.4, -0.2) is 35.7 Å². The zero-order valence-corrected chi connectivity index (χ0v) is 24.6. The Kier molecular flexibility index (Phi) is 17.7. The molecule has 0 amide bonds. The quantitative estimate of drug-likeness (QED) is 0.322. The van der Waals surface area contributed by atoms with Crippen molar-refractivity contribution in [3.05, 3.63) is 56.8 Å². The van der Waals surface area contributed by atoms with Gasteiger partial charge in [0.25, 0.3) is 5.56 Å². The number of carbonyl (C=O) groups is 1. The summed E-state index contributed by atoms with van der Waals surface area (Å²) in [4.78, 5) is 21.6.